The Bertz CT molecular complexity index is 3250. The van der Waals surface area contributed by atoms with Gasteiger partial charge in [0.15, 0.2) is 0 Å². The van der Waals surface area contributed by atoms with E-state index in [1.54, 1.807) is 0 Å². The predicted octanol–water partition coefficient (Wildman–Crippen LogP) is 23.9. The zero-order chi connectivity index (χ0) is 78.4. The molecule has 0 unspecified atom stereocenters. The fraction of sp³-hybridized carbons (Fsp3) is 0.571. The molecule has 0 radical (unpaired) electrons. The number of carbonyl (C=O) groups excluding carboxylic acids is 2. The fourth-order valence-electron chi connectivity index (χ4n) is 14.6. The lowest BCUT2D eigenvalue weighted by atomic mass is 9.71. The number of rotatable bonds is 13. The third-order valence-electron chi connectivity index (χ3n) is 19.3. The third-order valence-corrected chi connectivity index (χ3v) is 19.6. The monoisotopic (exact) mass is 1440 g/mol. The van der Waals surface area contributed by atoms with Crippen LogP contribution in [0.4, 0.5) is 16.2 Å². The van der Waals surface area contributed by atoms with Gasteiger partial charge in [-0.2, -0.15) is 0 Å². The second-order valence-electron chi connectivity index (χ2n) is 26.4. The Kier molecular flexibility index (Phi) is 44.6. The molecule has 103 heavy (non-hydrogen) atoms. The van der Waals surface area contributed by atoms with Crippen molar-refractivity contribution in [2.45, 2.75) is 280 Å². The smallest absolute Gasteiger partial charge is 0.326 e. The van der Waals surface area contributed by atoms with Crippen LogP contribution in [0.3, 0.4) is 0 Å². The van der Waals surface area contributed by atoms with Gasteiger partial charge in [0.05, 0.1) is 18.6 Å². The van der Waals surface area contributed by atoms with Crippen molar-refractivity contribution in [1.29, 1.82) is 0 Å². The van der Waals surface area contributed by atoms with Crippen molar-refractivity contribution in [2.75, 3.05) is 69.2 Å². The summed E-state index contributed by atoms with van der Waals surface area (Å²) in [7, 11) is 2.21. The molecule has 576 valence electrons. The lowest BCUT2D eigenvalue weighted by molar-refractivity contribution is -0.118. The Morgan fingerprint density at radius 1 is 0.592 bits per heavy atom. The summed E-state index contributed by atoms with van der Waals surface area (Å²) in [6, 6.07) is 53.2. The molecule has 3 fully saturated rings. The predicted molar refractivity (Wildman–Crippen MR) is 453 cm³/mol. The van der Waals surface area contributed by atoms with Gasteiger partial charge in [-0.05, 0) is 184 Å². The number of benzene rings is 6. The molecule has 0 N–H and O–H groups in total. The number of nitrogens with zero attached hydrogens (tertiary/aromatic N) is 8. The average molecular weight is 1440 g/mol. The molecule has 5 aliphatic rings. The minimum absolute atomic E-state index is 0.0204. The van der Waals surface area contributed by atoms with Gasteiger partial charge in [0, 0.05) is 105 Å². The highest BCUT2D eigenvalue weighted by molar-refractivity contribution is 6.30. The van der Waals surface area contributed by atoms with Gasteiger partial charge in [-0.3, -0.25) is 29.4 Å². The molecule has 11 rings (SSSR count). The maximum atomic E-state index is 14.5. The van der Waals surface area contributed by atoms with E-state index in [0.717, 1.165) is 75.9 Å². The molecule has 0 bridgehead atoms. The van der Waals surface area contributed by atoms with Gasteiger partial charge in [0.25, 0.3) is 0 Å². The largest absolute Gasteiger partial charge is 0.491 e. The number of anilines is 2. The Labute approximate surface area is 637 Å². The van der Waals surface area contributed by atoms with Gasteiger partial charge in [0.2, 0.25) is 5.91 Å². The molecule has 4 heterocycles. The van der Waals surface area contributed by atoms with Crippen LogP contribution in [0.5, 0.6) is 5.75 Å². The second kappa shape index (κ2) is 48.6. The highest BCUT2D eigenvalue weighted by atomic mass is 35.5. The third kappa shape index (κ3) is 24.3. The first-order chi connectivity index (χ1) is 49.7. The van der Waals surface area contributed by atoms with Crippen molar-refractivity contribution in [1.82, 2.24) is 24.5 Å². The van der Waals surface area contributed by atoms with E-state index < -0.39 is 11.1 Å². The van der Waals surface area contributed by atoms with Crippen molar-refractivity contribution < 1.29 is 14.3 Å². The van der Waals surface area contributed by atoms with Crippen LogP contribution in [-0.2, 0) is 22.3 Å². The van der Waals surface area contributed by atoms with E-state index in [4.69, 9.17) is 21.3 Å². The van der Waals surface area contributed by atoms with Crippen LogP contribution in [-0.4, -0.2) is 131 Å². The van der Waals surface area contributed by atoms with Crippen LogP contribution >= 0.6 is 11.6 Å². The number of hydrogen-bond donors (Lipinski definition) is 0. The van der Waals surface area contributed by atoms with E-state index in [2.05, 4.69) is 186 Å². The second-order valence-corrected chi connectivity index (χ2v) is 26.9. The zero-order valence-corrected chi connectivity index (χ0v) is 71.5. The molecule has 3 atom stereocenters. The number of piperazine rings is 2. The number of hydrogen-bond acceptors (Lipinski definition) is 8. The first kappa shape index (κ1) is 94.5. The highest BCUT2D eigenvalue weighted by Gasteiger charge is 2.60. The van der Waals surface area contributed by atoms with Crippen molar-refractivity contribution in [3.63, 3.8) is 0 Å². The topological polar surface area (TPSA) is 78.4 Å². The summed E-state index contributed by atoms with van der Waals surface area (Å²) < 4.78 is 6.21. The van der Waals surface area contributed by atoms with Gasteiger partial charge in [-0.15, -0.1) is 0 Å². The molecule has 11 nitrogen and oxygen atoms in total. The number of carbonyl (C=O) groups is 2. The van der Waals surface area contributed by atoms with Crippen molar-refractivity contribution >= 4 is 40.7 Å². The summed E-state index contributed by atoms with van der Waals surface area (Å²) in [6.07, 6.45) is 5.57. The summed E-state index contributed by atoms with van der Waals surface area (Å²) in [5.74, 6) is 2.39. The van der Waals surface area contributed by atoms with Crippen molar-refractivity contribution in [3.8, 4) is 5.75 Å². The SMILES string of the molecule is CC.CC.CC.CC.CC.CC.CC.CC.CC.CC(C)N1CCN(C(=O)N2C(c3ccccc3)=N[C@@](C)(c3ccccc3)[C@@]2(C)c2ccccc2)CC1.Cc1cc2c(cc1OC(C)C)[C@H](c1ccc(Cl)cc1)N(c1ccc(N(C)CC3CCC(N4CCN(C(C)C)C(C)(C)C4)CC3)cc1)C(=O)C2. The lowest BCUT2D eigenvalue weighted by Crippen LogP contribution is -2.63. The maximum Gasteiger partial charge on any atom is 0.326 e. The lowest BCUT2D eigenvalue weighted by Gasteiger charge is -2.52. The molecule has 1 saturated carbocycles. The molecule has 2 saturated heterocycles. The van der Waals surface area contributed by atoms with Gasteiger partial charge >= 0.3 is 6.03 Å². The van der Waals surface area contributed by atoms with Crippen LogP contribution < -0.4 is 14.5 Å². The molecule has 3 amide bonds. The molecule has 0 aromatic heterocycles. The summed E-state index contributed by atoms with van der Waals surface area (Å²) in [5, 5.41) is 0.680. The number of aliphatic imine (C=N–C) groups is 1. The fourth-order valence-corrected chi connectivity index (χ4v) is 14.7. The van der Waals surface area contributed by atoms with E-state index in [1.807, 2.05) is 208 Å². The average Bonchev–Trinajstić information content (AvgIpc) is 1.55. The molecule has 4 aliphatic heterocycles. The van der Waals surface area contributed by atoms with Crippen LogP contribution in [0.2, 0.25) is 5.02 Å². The van der Waals surface area contributed by atoms with Crippen molar-refractivity contribution in [3.05, 3.63) is 196 Å². The van der Waals surface area contributed by atoms with Gasteiger partial charge in [-0.1, -0.05) is 245 Å². The molecule has 6 aromatic carbocycles. The van der Waals surface area contributed by atoms with E-state index in [9.17, 15) is 9.59 Å². The Morgan fingerprint density at radius 2 is 1.09 bits per heavy atom. The summed E-state index contributed by atoms with van der Waals surface area (Å²) in [5.41, 5.74) is 8.26. The molecule has 1 aliphatic carbocycles. The number of ether oxygens (including phenoxy) is 1. The van der Waals surface area contributed by atoms with Crippen LogP contribution in [0.1, 0.15) is 265 Å². The van der Waals surface area contributed by atoms with E-state index in [0.29, 0.717) is 48.6 Å². The Balaban J connectivity index is 0.000000868. The number of amides is 3. The number of amidine groups is 1. The normalized spacial score (nSPS) is 20.2. The maximum absolute atomic E-state index is 14.5. The van der Waals surface area contributed by atoms with Gasteiger partial charge in [0.1, 0.15) is 22.7 Å². The summed E-state index contributed by atoms with van der Waals surface area (Å²) in [6.45, 7) is 68.2. The first-order valence-electron chi connectivity index (χ1n) is 40.5. The quantitative estimate of drug-likeness (QED) is 0.114. The molecule has 12 heteroatoms. The van der Waals surface area contributed by atoms with E-state index >= 15 is 0 Å². The molecular formula is C91H147ClN8O3. The molecular weight excluding hydrogens is 1290 g/mol. The Hall–Kier alpha value is -6.50. The van der Waals surface area contributed by atoms with Crippen molar-refractivity contribution in [2.24, 2.45) is 10.9 Å². The van der Waals surface area contributed by atoms with E-state index in [-0.39, 0.29) is 29.6 Å². The van der Waals surface area contributed by atoms with Crippen LogP contribution in [0, 0.1) is 12.8 Å². The molecule has 6 aromatic rings. The minimum Gasteiger partial charge on any atom is -0.491 e. The van der Waals surface area contributed by atoms with Crippen LogP contribution in [0.25, 0.3) is 0 Å². The van der Waals surface area contributed by atoms with Crippen LogP contribution in [0.15, 0.2) is 157 Å². The summed E-state index contributed by atoms with van der Waals surface area (Å²) >= 11 is 6.31. The van der Waals surface area contributed by atoms with Gasteiger partial charge < -0.3 is 19.4 Å². The standard InChI is InChI=1S/C42H57ClN4O2.C31H36N4O.9C2H6/c1-28(2)46-22-21-45(27-42(46,6)7)36-15-9-31(10-16-36)26-44(8)35-17-19-37(20-18-35)47-40(48)24-33-23-30(5)39(49-29(3)4)25-38(33)41(47)32-11-13-34(43)14-12-32;1-24(2)33-20-22-34(23-21-33)29(36)35-28(25-14-8-5-9-15-25)32-30(3,26-16-10-6-11-17-26)31(35,4)27-18-12-7-13-19-27;9*1-2/h11-14,17-20,23,25,28-29,31,36,41H,9-10,15-16,21-22,24,26-27H2,1-8H3;5-19,24H,20-23H2,1-4H3;9*1-2H3/t31?,36?,41-;30-,31+;;;;;;;;;/m00........./s1. The van der Waals surface area contributed by atoms with E-state index in [1.165, 1.54) is 51.0 Å². The zero-order valence-electron chi connectivity index (χ0n) is 70.8. The molecule has 0 spiro atoms. The first-order valence-corrected chi connectivity index (χ1v) is 40.8. The number of aryl methyl sites for hydroxylation is 1. The number of fused-ring (bicyclic) bond motifs is 1. The van der Waals surface area contributed by atoms with Gasteiger partial charge in [-0.25, -0.2) is 4.79 Å². The Morgan fingerprint density at radius 3 is 1.56 bits per heavy atom. The summed E-state index contributed by atoms with van der Waals surface area (Å²) in [4.78, 5) is 50.1. The number of halogens is 1. The highest BCUT2D eigenvalue weighted by Crippen LogP contribution is 2.53. The minimum atomic E-state index is -0.729. The number of urea groups is 1.